The average Bonchev–Trinajstić information content (AvgIpc) is 3.82. The molecule has 4 aromatic heterocycles. The average molecular weight is 900 g/mol. The second kappa shape index (κ2) is 16.0. The van der Waals surface area contributed by atoms with Gasteiger partial charge in [0, 0.05) is 64.4 Å². The van der Waals surface area contributed by atoms with Gasteiger partial charge in [-0.05, 0) is 66.5 Å². The first-order valence-electron chi connectivity index (χ1n) is 18.5. The summed E-state index contributed by atoms with van der Waals surface area (Å²) in [7, 11) is 0. The Bertz CT molecular complexity index is 2220. The summed E-state index contributed by atoms with van der Waals surface area (Å²) in [4.78, 5) is 21.4. The number of rotatable bonds is 10. The Morgan fingerprint density at radius 3 is 2.13 bits per heavy atom. The Balaban J connectivity index is 0.000000289. The predicted molar refractivity (Wildman–Crippen MR) is 214 cm³/mol. The van der Waals surface area contributed by atoms with Gasteiger partial charge < -0.3 is 13.9 Å². The molecule has 2 aromatic carbocycles. The Morgan fingerprint density at radius 2 is 1.54 bits per heavy atom. The zero-order chi connectivity index (χ0) is 37.5. The normalized spacial score (nSPS) is 12.9. The molecule has 0 aliphatic rings. The molecule has 52 heavy (non-hydrogen) atoms. The van der Waals surface area contributed by atoms with Gasteiger partial charge in [-0.15, -0.1) is 23.6 Å². The van der Waals surface area contributed by atoms with Crippen molar-refractivity contribution in [1.29, 1.82) is 0 Å². The van der Waals surface area contributed by atoms with Crippen LogP contribution in [-0.4, -0.2) is 20.9 Å². The maximum Gasteiger partial charge on any atom is 0.223 e. The molecule has 6 aromatic rings. The van der Waals surface area contributed by atoms with Crippen LogP contribution in [0.3, 0.4) is 0 Å². The van der Waals surface area contributed by atoms with Crippen LogP contribution in [0.4, 0.5) is 0 Å². The second-order valence-corrected chi connectivity index (χ2v) is 16.9. The van der Waals surface area contributed by atoms with Crippen LogP contribution in [0.5, 0.6) is 0 Å². The maximum atomic E-state index is 12.2. The molecule has 4 heterocycles. The van der Waals surface area contributed by atoms with Gasteiger partial charge >= 0.3 is 0 Å². The number of ketones is 1. The predicted octanol–water partition coefficient (Wildman–Crippen LogP) is 13.3. The van der Waals surface area contributed by atoms with Crippen LogP contribution in [0.1, 0.15) is 119 Å². The van der Waals surface area contributed by atoms with Crippen LogP contribution in [0.15, 0.2) is 56.6 Å². The summed E-state index contributed by atoms with van der Waals surface area (Å²) < 4.78 is 13.8. The zero-order valence-electron chi connectivity index (χ0n) is 33.0. The van der Waals surface area contributed by atoms with Crippen LogP contribution in [0.2, 0.25) is 0 Å². The molecule has 8 heteroatoms. The van der Waals surface area contributed by atoms with Gasteiger partial charge in [-0.1, -0.05) is 93.4 Å². The fourth-order valence-electron chi connectivity index (χ4n) is 6.63. The van der Waals surface area contributed by atoms with Gasteiger partial charge in [0.15, 0.2) is 16.9 Å². The number of fused-ring (bicyclic) bond motifs is 6. The fourth-order valence-corrected chi connectivity index (χ4v) is 7.71. The van der Waals surface area contributed by atoms with Gasteiger partial charge in [0.1, 0.15) is 17.8 Å². The first-order chi connectivity index (χ1) is 24.0. The minimum Gasteiger partial charge on any atom is -0.512 e. The van der Waals surface area contributed by atoms with Crippen LogP contribution < -0.4 is 0 Å². The molecular formula is C44H55IrN2O4S-. The number of aliphatic hydroxyl groups is 1. The van der Waals surface area contributed by atoms with E-state index in [0.29, 0.717) is 11.6 Å². The molecule has 0 atom stereocenters. The summed E-state index contributed by atoms with van der Waals surface area (Å²) in [6.07, 6.45) is 7.31. The number of nitrogens with zero attached hydrogens (tertiary/aromatic N) is 2. The molecule has 1 radical (unpaired) electrons. The first kappa shape index (κ1) is 41.4. The summed E-state index contributed by atoms with van der Waals surface area (Å²) in [5.41, 5.74) is 5.86. The van der Waals surface area contributed by atoms with Gasteiger partial charge in [-0.3, -0.25) is 9.78 Å². The van der Waals surface area contributed by atoms with Crippen molar-refractivity contribution >= 4 is 60.2 Å². The molecule has 0 amide bonds. The third-order valence-corrected chi connectivity index (χ3v) is 12.1. The number of aliphatic hydroxyl groups excluding tert-OH is 1. The Labute approximate surface area is 326 Å². The molecule has 0 saturated carbocycles. The largest absolute Gasteiger partial charge is 0.512 e. The van der Waals surface area contributed by atoms with Crippen LogP contribution in [0.25, 0.3) is 54.4 Å². The third kappa shape index (κ3) is 7.81. The van der Waals surface area contributed by atoms with E-state index in [1.807, 2.05) is 48.5 Å². The minimum absolute atomic E-state index is 0. The van der Waals surface area contributed by atoms with Gasteiger partial charge in [-0.2, -0.15) is 11.3 Å². The van der Waals surface area contributed by atoms with E-state index in [1.165, 1.54) is 21.9 Å². The van der Waals surface area contributed by atoms with Gasteiger partial charge in [-0.25, -0.2) is 4.98 Å². The summed E-state index contributed by atoms with van der Waals surface area (Å²) in [5.74, 6) is 1.78. The van der Waals surface area contributed by atoms with E-state index in [2.05, 4.69) is 75.3 Å². The smallest absolute Gasteiger partial charge is 0.223 e. The SMILES string of the molecule is CCC(C)(CC)C(=O)/C=C(\O)C(C)(CC)CC.Cc1oc2c(ccc3c2oc2ncnc(-c4[c-]c5ccsc5c(C(C)(C)C)c4)c23)c1CC(C)C.[Ir]. The van der Waals surface area contributed by atoms with Crippen molar-refractivity contribution in [3.8, 4) is 11.3 Å². The Hall–Kier alpha value is -3.32. The van der Waals surface area contributed by atoms with E-state index in [1.54, 1.807) is 17.7 Å². The van der Waals surface area contributed by atoms with Crippen molar-refractivity contribution < 1.29 is 38.8 Å². The molecule has 0 fully saturated rings. The number of aromatic nitrogens is 2. The van der Waals surface area contributed by atoms with Crippen molar-refractivity contribution in [2.75, 3.05) is 0 Å². The summed E-state index contributed by atoms with van der Waals surface area (Å²) >= 11 is 1.77. The van der Waals surface area contributed by atoms with Crippen LogP contribution in [0, 0.1) is 29.7 Å². The van der Waals surface area contributed by atoms with E-state index in [4.69, 9.17) is 13.8 Å². The third-order valence-electron chi connectivity index (χ3n) is 11.1. The number of benzene rings is 2. The van der Waals surface area contributed by atoms with Crippen molar-refractivity contribution in [3.05, 3.63) is 70.8 Å². The van der Waals surface area contributed by atoms with Crippen LogP contribution >= 0.6 is 11.3 Å². The molecule has 6 rings (SSSR count). The van der Waals surface area contributed by atoms with Crippen molar-refractivity contribution in [3.63, 3.8) is 0 Å². The Kier molecular flexibility index (Phi) is 12.7. The van der Waals surface area contributed by atoms with E-state index in [9.17, 15) is 9.90 Å². The van der Waals surface area contributed by atoms with Gasteiger partial charge in [0.05, 0.1) is 0 Å². The zero-order valence-corrected chi connectivity index (χ0v) is 36.2. The quantitative estimate of drug-likeness (QED) is 0.0837. The van der Waals surface area contributed by atoms with E-state index in [-0.39, 0.29) is 47.9 Å². The summed E-state index contributed by atoms with van der Waals surface area (Å²) in [5, 5.41) is 16.4. The molecular weight excluding hydrogens is 845 g/mol. The Morgan fingerprint density at radius 1 is 0.923 bits per heavy atom. The maximum absolute atomic E-state index is 12.2. The number of carbonyl (C=O) groups excluding carboxylic acids is 1. The number of thiophene rings is 1. The minimum atomic E-state index is -0.337. The van der Waals surface area contributed by atoms with Gasteiger partial charge in [0.25, 0.3) is 0 Å². The fraction of sp³-hybridized carbons (Fsp3) is 0.477. The molecule has 6 nitrogen and oxygen atoms in total. The number of hydrogen-bond acceptors (Lipinski definition) is 7. The number of aryl methyl sites for hydroxylation is 1. The number of hydrogen-bond donors (Lipinski definition) is 1. The van der Waals surface area contributed by atoms with Crippen molar-refractivity contribution in [1.82, 2.24) is 9.97 Å². The number of carbonyl (C=O) groups is 1. The molecule has 0 aliphatic heterocycles. The molecule has 1 N–H and O–H groups in total. The summed E-state index contributed by atoms with van der Waals surface area (Å²) in [6, 6.07) is 12.3. The van der Waals surface area contributed by atoms with Crippen LogP contribution in [-0.2, 0) is 36.7 Å². The second-order valence-electron chi connectivity index (χ2n) is 16.0. The molecule has 281 valence electrons. The molecule has 0 saturated heterocycles. The summed E-state index contributed by atoms with van der Waals surface area (Å²) in [6.45, 7) is 25.3. The van der Waals surface area contributed by atoms with Crippen molar-refractivity contribution in [2.24, 2.45) is 16.7 Å². The van der Waals surface area contributed by atoms with Gasteiger partial charge in [0.2, 0.25) is 5.71 Å². The monoisotopic (exact) mass is 900 g/mol. The molecule has 0 spiro atoms. The molecule has 0 unspecified atom stereocenters. The first-order valence-corrected chi connectivity index (χ1v) is 19.4. The standard InChI is InChI=1S/C29H27N2O2S.C15H28O2.Ir/c1-15(2)11-21-16(3)32-25-19(21)7-8-20-23-24(30-14-31-28(23)33-26(20)25)18-12-17-9-10-34-27(17)22(13-18)29(4,5)6;1-7-14(5,8-2)12(16)11-13(17)15(6,9-3)10-4;/h7-10,13-15H,11H2,1-6H3;11,16H,7-10H2,1-6H3;/q-1;;/b;12-11-;. The van der Waals surface area contributed by atoms with E-state index in [0.717, 1.165) is 81.8 Å². The molecule has 0 aliphatic carbocycles. The molecule has 0 bridgehead atoms. The number of furan rings is 2. The van der Waals surface area contributed by atoms with Crippen molar-refractivity contribution in [2.45, 2.75) is 121 Å². The van der Waals surface area contributed by atoms with E-state index < -0.39 is 0 Å². The number of allylic oxidation sites excluding steroid dienone is 2. The van der Waals surface area contributed by atoms with E-state index >= 15 is 0 Å². The topological polar surface area (TPSA) is 89.4 Å².